The van der Waals surface area contributed by atoms with Crippen LogP contribution in [0.25, 0.3) is 0 Å². The van der Waals surface area contributed by atoms with Crippen molar-refractivity contribution < 1.29 is 10.2 Å². The van der Waals surface area contributed by atoms with Crippen LogP contribution in [0.5, 0.6) is 5.75 Å². The second kappa shape index (κ2) is 3.36. The minimum atomic E-state index is -0.588. The van der Waals surface area contributed by atoms with Crippen LogP contribution < -0.4 is 5.73 Å². The zero-order valence-electron chi connectivity index (χ0n) is 7.91. The number of benzene rings is 1. The molecule has 3 nitrogen and oxygen atoms in total. The molecule has 1 rings (SSSR count). The summed E-state index contributed by atoms with van der Waals surface area (Å²) in [5.74, 6) is 0.0949. The summed E-state index contributed by atoms with van der Waals surface area (Å²) in [5, 5.41) is 18.6. The Bertz CT molecular complexity index is 302. The van der Waals surface area contributed by atoms with Gasteiger partial charge in [0.1, 0.15) is 5.75 Å². The van der Waals surface area contributed by atoms with E-state index >= 15 is 0 Å². The van der Waals surface area contributed by atoms with Gasteiger partial charge in [0, 0.05) is 16.7 Å². The first-order chi connectivity index (χ1) is 5.96. The van der Waals surface area contributed by atoms with E-state index in [1.54, 1.807) is 18.2 Å². The van der Waals surface area contributed by atoms with Crippen LogP contribution in [0.4, 0.5) is 0 Å². The molecular formula is C10H15NO2. The summed E-state index contributed by atoms with van der Waals surface area (Å²) in [4.78, 5) is 0. The maximum atomic E-state index is 9.68. The summed E-state index contributed by atoms with van der Waals surface area (Å²) in [5.41, 5.74) is 6.41. The van der Waals surface area contributed by atoms with Gasteiger partial charge in [0.15, 0.2) is 0 Å². The van der Waals surface area contributed by atoms with Gasteiger partial charge in [0.2, 0.25) is 0 Å². The molecular weight excluding hydrogens is 166 g/mol. The predicted octanol–water partition coefficient (Wildman–Crippen LogP) is 1.08. The smallest absolute Gasteiger partial charge is 0.126 e. The van der Waals surface area contributed by atoms with Crippen molar-refractivity contribution >= 4 is 0 Å². The van der Waals surface area contributed by atoms with Crippen LogP contribution in [0.15, 0.2) is 18.2 Å². The van der Waals surface area contributed by atoms with Crippen molar-refractivity contribution in [2.75, 3.05) is 0 Å². The minimum absolute atomic E-state index is 0.0949. The van der Waals surface area contributed by atoms with Gasteiger partial charge in [0.25, 0.3) is 0 Å². The molecule has 0 amide bonds. The molecule has 13 heavy (non-hydrogen) atoms. The quantitative estimate of drug-likeness (QED) is 0.639. The largest absolute Gasteiger partial charge is 0.507 e. The first kappa shape index (κ1) is 10.0. The van der Waals surface area contributed by atoms with Gasteiger partial charge in [-0.3, -0.25) is 0 Å². The number of hydrogen-bond donors (Lipinski definition) is 3. The lowest BCUT2D eigenvalue weighted by atomic mass is 9.93. The SMILES string of the molecule is CC(C)(N)c1cccc(CO)c1O. The fourth-order valence-corrected chi connectivity index (χ4v) is 1.24. The standard InChI is InChI=1S/C10H15NO2/c1-10(2,11)8-5-3-4-7(6-12)9(8)13/h3-5,12-13H,6,11H2,1-2H3. The molecule has 0 heterocycles. The Hall–Kier alpha value is -1.06. The first-order valence-electron chi connectivity index (χ1n) is 4.18. The summed E-state index contributed by atoms with van der Waals surface area (Å²) >= 11 is 0. The van der Waals surface area contributed by atoms with E-state index in [2.05, 4.69) is 0 Å². The van der Waals surface area contributed by atoms with E-state index < -0.39 is 5.54 Å². The normalized spacial score (nSPS) is 11.7. The van der Waals surface area contributed by atoms with E-state index in [0.717, 1.165) is 0 Å². The Kier molecular flexibility index (Phi) is 2.59. The van der Waals surface area contributed by atoms with Gasteiger partial charge in [0.05, 0.1) is 6.61 Å². The lowest BCUT2D eigenvalue weighted by Gasteiger charge is -2.21. The molecule has 0 atom stereocenters. The number of aliphatic hydroxyl groups excluding tert-OH is 1. The molecule has 4 N–H and O–H groups in total. The van der Waals surface area contributed by atoms with Crippen LogP contribution in [0.3, 0.4) is 0 Å². The fourth-order valence-electron chi connectivity index (χ4n) is 1.24. The lowest BCUT2D eigenvalue weighted by Crippen LogP contribution is -2.28. The molecule has 0 aromatic heterocycles. The third kappa shape index (κ3) is 1.99. The van der Waals surface area contributed by atoms with Crippen LogP contribution >= 0.6 is 0 Å². The number of hydrogen-bond acceptors (Lipinski definition) is 3. The molecule has 0 saturated heterocycles. The number of aromatic hydroxyl groups is 1. The first-order valence-corrected chi connectivity index (χ1v) is 4.18. The molecule has 1 aromatic carbocycles. The average molecular weight is 181 g/mol. The number of para-hydroxylation sites is 1. The average Bonchev–Trinajstić information content (AvgIpc) is 2.02. The summed E-state index contributed by atoms with van der Waals surface area (Å²) in [6, 6.07) is 5.20. The van der Waals surface area contributed by atoms with E-state index in [1.165, 1.54) is 0 Å². The van der Waals surface area contributed by atoms with Crippen LogP contribution in [0.2, 0.25) is 0 Å². The van der Waals surface area contributed by atoms with E-state index in [4.69, 9.17) is 10.8 Å². The van der Waals surface area contributed by atoms with Gasteiger partial charge in [-0.25, -0.2) is 0 Å². The highest BCUT2D eigenvalue weighted by Crippen LogP contribution is 2.29. The van der Waals surface area contributed by atoms with Gasteiger partial charge < -0.3 is 15.9 Å². The Labute approximate surface area is 77.8 Å². The van der Waals surface area contributed by atoms with E-state index in [9.17, 15) is 5.11 Å². The summed E-state index contributed by atoms with van der Waals surface area (Å²) in [7, 11) is 0. The van der Waals surface area contributed by atoms with Gasteiger partial charge in [-0.05, 0) is 13.8 Å². The van der Waals surface area contributed by atoms with Gasteiger partial charge in [-0.1, -0.05) is 18.2 Å². The molecule has 0 radical (unpaired) electrons. The van der Waals surface area contributed by atoms with Crippen molar-refractivity contribution in [1.29, 1.82) is 0 Å². The Morgan fingerprint density at radius 1 is 1.38 bits per heavy atom. The molecule has 0 saturated carbocycles. The number of aliphatic hydroxyl groups is 1. The van der Waals surface area contributed by atoms with E-state index in [0.29, 0.717) is 11.1 Å². The molecule has 72 valence electrons. The van der Waals surface area contributed by atoms with Crippen molar-refractivity contribution in [2.24, 2.45) is 5.73 Å². The monoisotopic (exact) mass is 181 g/mol. The Morgan fingerprint density at radius 3 is 2.46 bits per heavy atom. The molecule has 0 aliphatic heterocycles. The van der Waals surface area contributed by atoms with E-state index in [-0.39, 0.29) is 12.4 Å². The zero-order valence-corrected chi connectivity index (χ0v) is 7.91. The van der Waals surface area contributed by atoms with Gasteiger partial charge in [-0.15, -0.1) is 0 Å². The highest BCUT2D eigenvalue weighted by atomic mass is 16.3. The Balaban J connectivity index is 3.24. The maximum Gasteiger partial charge on any atom is 0.126 e. The molecule has 0 spiro atoms. The van der Waals surface area contributed by atoms with Crippen molar-refractivity contribution in [3.05, 3.63) is 29.3 Å². The van der Waals surface area contributed by atoms with E-state index in [1.807, 2.05) is 13.8 Å². The molecule has 0 fully saturated rings. The predicted molar refractivity (Wildman–Crippen MR) is 51.2 cm³/mol. The van der Waals surface area contributed by atoms with Crippen molar-refractivity contribution in [2.45, 2.75) is 26.0 Å². The summed E-state index contributed by atoms with van der Waals surface area (Å²) < 4.78 is 0. The lowest BCUT2D eigenvalue weighted by molar-refractivity contribution is 0.274. The zero-order chi connectivity index (χ0) is 10.1. The molecule has 3 heteroatoms. The highest BCUT2D eigenvalue weighted by Gasteiger charge is 2.19. The molecule has 0 aliphatic carbocycles. The van der Waals surface area contributed by atoms with Crippen LogP contribution in [-0.2, 0) is 12.1 Å². The number of rotatable bonds is 2. The topological polar surface area (TPSA) is 66.5 Å². The fraction of sp³-hybridized carbons (Fsp3) is 0.400. The van der Waals surface area contributed by atoms with Crippen LogP contribution in [0.1, 0.15) is 25.0 Å². The van der Waals surface area contributed by atoms with Gasteiger partial charge in [-0.2, -0.15) is 0 Å². The number of nitrogens with two attached hydrogens (primary N) is 1. The second-order valence-corrected chi connectivity index (χ2v) is 3.69. The molecule has 1 aromatic rings. The van der Waals surface area contributed by atoms with Crippen LogP contribution in [0, 0.1) is 0 Å². The van der Waals surface area contributed by atoms with Crippen molar-refractivity contribution in [3.8, 4) is 5.75 Å². The Morgan fingerprint density at radius 2 is 2.00 bits per heavy atom. The molecule has 0 bridgehead atoms. The summed E-state index contributed by atoms with van der Waals surface area (Å²) in [6.45, 7) is 3.45. The van der Waals surface area contributed by atoms with Gasteiger partial charge >= 0.3 is 0 Å². The van der Waals surface area contributed by atoms with Crippen molar-refractivity contribution in [3.63, 3.8) is 0 Å². The van der Waals surface area contributed by atoms with Crippen molar-refractivity contribution in [1.82, 2.24) is 0 Å². The maximum absolute atomic E-state index is 9.68. The minimum Gasteiger partial charge on any atom is -0.507 e. The second-order valence-electron chi connectivity index (χ2n) is 3.69. The molecule has 0 aliphatic rings. The third-order valence-corrected chi connectivity index (χ3v) is 1.98. The highest BCUT2D eigenvalue weighted by molar-refractivity contribution is 5.43. The third-order valence-electron chi connectivity index (χ3n) is 1.98. The summed E-state index contributed by atoms with van der Waals surface area (Å²) in [6.07, 6.45) is 0. The number of phenols is 1. The molecule has 0 unspecified atom stereocenters. The van der Waals surface area contributed by atoms with Crippen LogP contribution in [-0.4, -0.2) is 10.2 Å².